The summed E-state index contributed by atoms with van der Waals surface area (Å²) in [5, 5.41) is 13.7. The van der Waals surface area contributed by atoms with Crippen LogP contribution in [0.2, 0.25) is 5.02 Å². The molecule has 2 N–H and O–H groups in total. The van der Waals surface area contributed by atoms with Crippen molar-refractivity contribution in [3.8, 4) is 5.75 Å². The van der Waals surface area contributed by atoms with E-state index in [1.165, 1.54) is 0 Å². The van der Waals surface area contributed by atoms with E-state index in [4.69, 9.17) is 11.6 Å². The summed E-state index contributed by atoms with van der Waals surface area (Å²) in [5.41, 5.74) is 0.929. The zero-order valence-electron chi connectivity index (χ0n) is 7.56. The molecule has 2 rings (SSSR count). The van der Waals surface area contributed by atoms with Crippen molar-refractivity contribution in [3.05, 3.63) is 27.2 Å². The Bertz CT molecular complexity index is 350. The molecule has 1 saturated heterocycles. The molecule has 76 valence electrons. The van der Waals surface area contributed by atoms with Gasteiger partial charge in [0.2, 0.25) is 0 Å². The highest BCUT2D eigenvalue weighted by atomic mass is 79.9. The predicted octanol–water partition coefficient (Wildman–Crippen LogP) is 3.23. The van der Waals surface area contributed by atoms with Crippen LogP contribution in [-0.2, 0) is 0 Å². The Morgan fingerprint density at radius 1 is 1.50 bits per heavy atom. The van der Waals surface area contributed by atoms with E-state index in [1.807, 2.05) is 6.07 Å². The molecule has 1 aliphatic rings. The van der Waals surface area contributed by atoms with Crippen molar-refractivity contribution in [2.75, 3.05) is 6.54 Å². The summed E-state index contributed by atoms with van der Waals surface area (Å²) in [7, 11) is 0. The van der Waals surface area contributed by atoms with E-state index in [2.05, 4.69) is 21.2 Å². The number of aromatic hydroxyl groups is 1. The number of rotatable bonds is 1. The fraction of sp³-hybridized carbons (Fsp3) is 0.400. The Balaban J connectivity index is 2.38. The summed E-state index contributed by atoms with van der Waals surface area (Å²) >= 11 is 9.13. The smallest absolute Gasteiger partial charge is 0.136 e. The Hall–Kier alpha value is -0.250. The van der Waals surface area contributed by atoms with Gasteiger partial charge in [-0.3, -0.25) is 0 Å². The van der Waals surface area contributed by atoms with Crippen LogP contribution in [0.4, 0.5) is 0 Å². The van der Waals surface area contributed by atoms with Crippen LogP contribution < -0.4 is 5.32 Å². The monoisotopic (exact) mass is 275 g/mol. The highest BCUT2D eigenvalue weighted by molar-refractivity contribution is 9.10. The van der Waals surface area contributed by atoms with Crippen molar-refractivity contribution in [1.29, 1.82) is 0 Å². The van der Waals surface area contributed by atoms with E-state index < -0.39 is 0 Å². The first-order valence-corrected chi connectivity index (χ1v) is 5.77. The van der Waals surface area contributed by atoms with Crippen molar-refractivity contribution < 1.29 is 5.11 Å². The Morgan fingerprint density at radius 3 is 2.93 bits per heavy atom. The number of hydrogen-bond donors (Lipinski definition) is 2. The largest absolute Gasteiger partial charge is 0.506 e. The van der Waals surface area contributed by atoms with Crippen molar-refractivity contribution in [3.63, 3.8) is 0 Å². The maximum absolute atomic E-state index is 9.87. The fourth-order valence-corrected chi connectivity index (χ4v) is 2.30. The standard InChI is InChI=1S/C10H11BrClNO/c11-9-7(12)4-3-6(10(9)14)8-2-1-5-13-8/h3-4,8,13-14H,1-2,5H2. The van der Waals surface area contributed by atoms with Gasteiger partial charge in [0.05, 0.1) is 9.50 Å². The predicted molar refractivity (Wildman–Crippen MR) is 60.8 cm³/mol. The van der Waals surface area contributed by atoms with Crippen LogP contribution in [0.1, 0.15) is 24.4 Å². The van der Waals surface area contributed by atoms with Crippen LogP contribution in [0.15, 0.2) is 16.6 Å². The molecule has 1 aromatic rings. The number of phenolic OH excluding ortho intramolecular Hbond substituents is 1. The molecular weight excluding hydrogens is 265 g/mol. The molecule has 0 saturated carbocycles. The minimum absolute atomic E-state index is 0.261. The molecule has 0 aliphatic carbocycles. The molecule has 1 aliphatic heterocycles. The topological polar surface area (TPSA) is 32.3 Å². The summed E-state index contributed by atoms with van der Waals surface area (Å²) in [4.78, 5) is 0. The average Bonchev–Trinajstić information content (AvgIpc) is 2.67. The zero-order valence-corrected chi connectivity index (χ0v) is 9.90. The lowest BCUT2D eigenvalue weighted by atomic mass is 10.0. The molecule has 1 unspecified atom stereocenters. The second kappa shape index (κ2) is 4.09. The van der Waals surface area contributed by atoms with Gasteiger partial charge < -0.3 is 10.4 Å². The number of phenols is 1. The first kappa shape index (κ1) is 10.3. The minimum atomic E-state index is 0.261. The number of hydrogen-bond acceptors (Lipinski definition) is 2. The molecule has 1 fully saturated rings. The third-order valence-electron chi connectivity index (χ3n) is 2.54. The molecule has 0 spiro atoms. The molecule has 4 heteroatoms. The molecule has 2 nitrogen and oxygen atoms in total. The lowest BCUT2D eigenvalue weighted by Crippen LogP contribution is -2.12. The van der Waals surface area contributed by atoms with E-state index in [-0.39, 0.29) is 11.8 Å². The normalized spacial score (nSPS) is 21.4. The van der Waals surface area contributed by atoms with Crippen LogP contribution >= 0.6 is 27.5 Å². The van der Waals surface area contributed by atoms with Gasteiger partial charge in [0, 0.05) is 11.6 Å². The van der Waals surface area contributed by atoms with Gasteiger partial charge in [-0.15, -0.1) is 0 Å². The quantitative estimate of drug-likeness (QED) is 0.825. The van der Waals surface area contributed by atoms with E-state index in [0.717, 1.165) is 24.9 Å². The van der Waals surface area contributed by atoms with Crippen LogP contribution in [0.5, 0.6) is 5.75 Å². The van der Waals surface area contributed by atoms with Gasteiger partial charge in [-0.05, 0) is 41.4 Å². The van der Waals surface area contributed by atoms with Crippen molar-refractivity contribution >= 4 is 27.5 Å². The zero-order chi connectivity index (χ0) is 10.1. The van der Waals surface area contributed by atoms with Gasteiger partial charge >= 0.3 is 0 Å². The molecular formula is C10H11BrClNO. The minimum Gasteiger partial charge on any atom is -0.506 e. The van der Waals surface area contributed by atoms with Gasteiger partial charge in [-0.2, -0.15) is 0 Å². The van der Waals surface area contributed by atoms with Gasteiger partial charge in [0.1, 0.15) is 5.75 Å². The molecule has 0 bridgehead atoms. The Morgan fingerprint density at radius 2 is 2.29 bits per heavy atom. The molecule has 1 aromatic carbocycles. The summed E-state index contributed by atoms with van der Waals surface area (Å²) in [6.07, 6.45) is 2.23. The number of halogens is 2. The summed E-state index contributed by atoms with van der Waals surface area (Å²) in [6, 6.07) is 3.95. The maximum Gasteiger partial charge on any atom is 0.136 e. The van der Waals surface area contributed by atoms with Crippen molar-refractivity contribution in [1.82, 2.24) is 5.32 Å². The van der Waals surface area contributed by atoms with Crippen LogP contribution in [0, 0.1) is 0 Å². The van der Waals surface area contributed by atoms with E-state index >= 15 is 0 Å². The summed E-state index contributed by atoms with van der Waals surface area (Å²) < 4.78 is 0.588. The fourth-order valence-electron chi connectivity index (χ4n) is 1.79. The van der Waals surface area contributed by atoms with Crippen LogP contribution in [0.25, 0.3) is 0 Å². The second-order valence-electron chi connectivity index (χ2n) is 3.45. The SMILES string of the molecule is Oc1c(C2CCCN2)ccc(Cl)c1Br. The molecule has 0 amide bonds. The van der Waals surface area contributed by atoms with E-state index in [1.54, 1.807) is 6.07 Å². The van der Waals surface area contributed by atoms with Gasteiger partial charge in [0.25, 0.3) is 0 Å². The van der Waals surface area contributed by atoms with Gasteiger partial charge in [-0.1, -0.05) is 17.7 Å². The van der Waals surface area contributed by atoms with Crippen molar-refractivity contribution in [2.45, 2.75) is 18.9 Å². The highest BCUT2D eigenvalue weighted by Gasteiger charge is 2.21. The lowest BCUT2D eigenvalue weighted by molar-refractivity contribution is 0.454. The van der Waals surface area contributed by atoms with E-state index in [9.17, 15) is 5.11 Å². The molecule has 0 aromatic heterocycles. The molecule has 14 heavy (non-hydrogen) atoms. The van der Waals surface area contributed by atoms with Crippen LogP contribution in [0.3, 0.4) is 0 Å². The molecule has 1 atom stereocenters. The first-order chi connectivity index (χ1) is 6.70. The average molecular weight is 277 g/mol. The molecule has 0 radical (unpaired) electrons. The first-order valence-electron chi connectivity index (χ1n) is 4.60. The van der Waals surface area contributed by atoms with Crippen LogP contribution in [-0.4, -0.2) is 11.7 Å². The Kier molecular flexibility index (Phi) is 3.00. The number of nitrogens with one attached hydrogen (secondary N) is 1. The number of benzene rings is 1. The third-order valence-corrected chi connectivity index (χ3v) is 3.88. The Labute approximate surface area is 96.4 Å². The van der Waals surface area contributed by atoms with Gasteiger partial charge in [0.15, 0.2) is 0 Å². The lowest BCUT2D eigenvalue weighted by Gasteiger charge is -2.13. The summed E-state index contributed by atoms with van der Waals surface area (Å²) in [5.74, 6) is 0.261. The molecule has 1 heterocycles. The van der Waals surface area contributed by atoms with E-state index in [0.29, 0.717) is 9.50 Å². The summed E-state index contributed by atoms with van der Waals surface area (Å²) in [6.45, 7) is 1.02. The van der Waals surface area contributed by atoms with Gasteiger partial charge in [-0.25, -0.2) is 0 Å². The van der Waals surface area contributed by atoms with Crippen molar-refractivity contribution in [2.24, 2.45) is 0 Å². The second-order valence-corrected chi connectivity index (χ2v) is 4.65. The third kappa shape index (κ3) is 1.76. The maximum atomic E-state index is 9.87. The highest BCUT2D eigenvalue weighted by Crippen LogP contribution is 2.39.